The van der Waals surface area contributed by atoms with Crippen molar-refractivity contribution in [3.05, 3.63) is 21.5 Å². The normalized spacial score (nSPS) is 29.6. The molecule has 4 nitrogen and oxygen atoms in total. The van der Waals surface area contributed by atoms with Crippen LogP contribution in [-0.2, 0) is 0 Å². The van der Waals surface area contributed by atoms with Gasteiger partial charge in [-0.05, 0) is 12.8 Å². The molecule has 0 spiro atoms. The van der Waals surface area contributed by atoms with Crippen molar-refractivity contribution in [3.8, 4) is 0 Å². The number of nitroso groups, excluding NO2 is 1. The number of alkyl halides is 4. The first-order chi connectivity index (χ1) is 7.52. The van der Waals surface area contributed by atoms with Crippen LogP contribution in [0.1, 0.15) is 26.7 Å². The minimum atomic E-state index is -1.13. The minimum Gasteiger partial charge on any atom is -0.753 e. The molecular weight excluding hydrogens is 488 g/mol. The molecule has 1 aliphatic heterocycles. The Morgan fingerprint density at radius 3 is 2.12 bits per heavy atom. The van der Waals surface area contributed by atoms with E-state index in [1.165, 1.54) is 0 Å². The van der Waals surface area contributed by atoms with Crippen molar-refractivity contribution in [2.45, 2.75) is 38.8 Å². The number of rotatable bonds is 0. The zero-order valence-electron chi connectivity index (χ0n) is 9.14. The van der Waals surface area contributed by atoms with Crippen LogP contribution in [0, 0.1) is 10.1 Å². The predicted molar refractivity (Wildman–Crippen MR) is 80.3 cm³/mol. The van der Waals surface area contributed by atoms with Crippen LogP contribution < -0.4 is 0 Å². The predicted octanol–water partition coefficient (Wildman–Crippen LogP) is 4.29. The molecule has 0 aromatic heterocycles. The molecule has 0 aromatic carbocycles. The van der Waals surface area contributed by atoms with E-state index in [-0.39, 0.29) is 0 Å². The molecule has 0 fully saturated rings. The van der Waals surface area contributed by atoms with Crippen LogP contribution in [0.25, 0.3) is 0 Å². The summed E-state index contributed by atoms with van der Waals surface area (Å²) in [6.45, 7) is 3.22. The maximum atomic E-state index is 12.3. The molecule has 0 bridgehead atoms. The summed E-state index contributed by atoms with van der Waals surface area (Å²) in [5.41, 5.74) is -0.274. The van der Waals surface area contributed by atoms with Gasteiger partial charge in [0.25, 0.3) is 11.4 Å². The van der Waals surface area contributed by atoms with E-state index in [2.05, 4.69) is 63.7 Å². The second-order valence-corrected chi connectivity index (χ2v) is 12.2. The van der Waals surface area contributed by atoms with Crippen molar-refractivity contribution < 1.29 is 4.76 Å². The Morgan fingerprint density at radius 2 is 1.65 bits per heavy atom. The fourth-order valence-corrected chi connectivity index (χ4v) is 4.20. The molecule has 0 N–H and O–H groups in total. The summed E-state index contributed by atoms with van der Waals surface area (Å²) >= 11 is 13.9. The van der Waals surface area contributed by atoms with Crippen molar-refractivity contribution in [2.75, 3.05) is 0 Å². The highest BCUT2D eigenvalue weighted by Crippen LogP contribution is 2.59. The number of halogens is 4. The third-order valence-electron chi connectivity index (χ3n) is 3.07. The first kappa shape index (κ1) is 14.4. The van der Waals surface area contributed by atoms with Crippen LogP contribution >= 0.6 is 63.7 Å². The largest absolute Gasteiger partial charge is 0.753 e. The molecule has 0 amide bonds. The van der Waals surface area contributed by atoms with Crippen LogP contribution in [0.2, 0.25) is 0 Å². The SMILES string of the molecule is CC1(C)N([O-])C2=C([N+]1=O)C(Br)(Br)CCC2(Br)Br. The monoisotopic (exact) mass is 494 g/mol. The average molecular weight is 498 g/mol. The van der Waals surface area contributed by atoms with Crippen molar-refractivity contribution >= 4 is 63.7 Å². The molecule has 1 heterocycles. The third kappa shape index (κ3) is 1.98. The summed E-state index contributed by atoms with van der Waals surface area (Å²) < 4.78 is -0.508. The molecule has 17 heavy (non-hydrogen) atoms. The van der Waals surface area contributed by atoms with Crippen LogP contribution in [0.5, 0.6) is 0 Å². The fourth-order valence-electron chi connectivity index (χ4n) is 2.02. The molecule has 0 saturated heterocycles. The van der Waals surface area contributed by atoms with E-state index in [0.717, 1.165) is 9.82 Å². The third-order valence-corrected chi connectivity index (χ3v) is 6.16. The van der Waals surface area contributed by atoms with Crippen LogP contribution in [0.15, 0.2) is 11.4 Å². The molecule has 2 rings (SSSR count). The van der Waals surface area contributed by atoms with Crippen molar-refractivity contribution in [1.29, 1.82) is 0 Å². The van der Waals surface area contributed by atoms with E-state index in [4.69, 9.17) is 0 Å². The lowest BCUT2D eigenvalue weighted by atomic mass is 10.0. The van der Waals surface area contributed by atoms with Crippen LogP contribution in [0.3, 0.4) is 0 Å². The van der Waals surface area contributed by atoms with Gasteiger partial charge in [-0.3, -0.25) is 0 Å². The maximum absolute atomic E-state index is 12.3. The maximum Gasteiger partial charge on any atom is 0.283 e. The molecule has 2 aliphatic rings. The van der Waals surface area contributed by atoms with Gasteiger partial charge < -0.3 is 10.3 Å². The van der Waals surface area contributed by atoms with E-state index in [1.807, 2.05) is 0 Å². The Kier molecular flexibility index (Phi) is 3.40. The summed E-state index contributed by atoms with van der Waals surface area (Å²) in [6, 6.07) is 0. The summed E-state index contributed by atoms with van der Waals surface area (Å²) in [5, 5.41) is 13.1. The summed E-state index contributed by atoms with van der Waals surface area (Å²) in [7, 11) is 0. The first-order valence-corrected chi connectivity index (χ1v) is 8.14. The van der Waals surface area contributed by atoms with Crippen molar-refractivity contribution in [3.63, 3.8) is 0 Å². The molecule has 0 saturated carbocycles. The van der Waals surface area contributed by atoms with Gasteiger partial charge in [0.05, 0.1) is 4.76 Å². The number of hydrogen-bond acceptors (Lipinski definition) is 3. The number of nitrogens with zero attached hydrogens (tertiary/aromatic N) is 2. The molecule has 0 unspecified atom stereocenters. The number of hydroxylamine groups is 2. The quantitative estimate of drug-likeness (QED) is 0.370. The van der Waals surface area contributed by atoms with E-state index in [9.17, 15) is 10.1 Å². The molecule has 0 aromatic rings. The molecule has 0 atom stereocenters. The van der Waals surface area contributed by atoms with Crippen molar-refractivity contribution in [2.24, 2.45) is 0 Å². The van der Waals surface area contributed by atoms with Gasteiger partial charge in [0.1, 0.15) is 8.93 Å². The Labute approximate surface area is 133 Å². The Morgan fingerprint density at radius 1 is 1.18 bits per heavy atom. The Hall–Kier alpha value is 1.02. The van der Waals surface area contributed by atoms with Crippen LogP contribution in [0.4, 0.5) is 0 Å². The molecule has 1 aliphatic carbocycles. The van der Waals surface area contributed by atoms with E-state index >= 15 is 0 Å². The van der Waals surface area contributed by atoms with Crippen LogP contribution in [-0.4, -0.2) is 22.0 Å². The highest BCUT2D eigenvalue weighted by molar-refractivity contribution is 9.26. The lowest BCUT2D eigenvalue weighted by Crippen LogP contribution is -2.43. The number of allylic oxidation sites excluding steroid dienone is 2. The Bertz CT molecular complexity index is 431. The van der Waals surface area contributed by atoms with E-state index in [0.29, 0.717) is 24.2 Å². The topological polar surface area (TPSA) is 46.4 Å². The van der Waals surface area contributed by atoms with Gasteiger partial charge in [-0.25, -0.2) is 0 Å². The van der Waals surface area contributed by atoms with Gasteiger partial charge in [-0.15, -0.1) is 0 Å². The van der Waals surface area contributed by atoms with Gasteiger partial charge in [0.15, 0.2) is 3.23 Å². The zero-order valence-corrected chi connectivity index (χ0v) is 15.5. The van der Waals surface area contributed by atoms with E-state index in [1.54, 1.807) is 13.8 Å². The molecule has 96 valence electrons. The smallest absolute Gasteiger partial charge is 0.283 e. The first-order valence-electron chi connectivity index (χ1n) is 4.97. The fraction of sp³-hybridized carbons (Fsp3) is 0.778. The van der Waals surface area contributed by atoms with Gasteiger partial charge in [-0.1, -0.05) is 63.7 Å². The second kappa shape index (κ2) is 4.01. The standard InChI is InChI=1S/C9H10Br4N2O2/c1-7(2)14(16)5-6(15(7)17)9(12,13)4-3-8(5,10)11/h3-4H2,1-2H3. The van der Waals surface area contributed by atoms with Gasteiger partial charge in [0.2, 0.25) is 0 Å². The van der Waals surface area contributed by atoms with Gasteiger partial charge >= 0.3 is 0 Å². The number of hydrogen-bond donors (Lipinski definition) is 0. The lowest BCUT2D eigenvalue weighted by Gasteiger charge is -2.39. The summed E-state index contributed by atoms with van der Waals surface area (Å²) in [5.74, 6) is 0. The highest BCUT2D eigenvalue weighted by Gasteiger charge is 2.63. The molecule has 0 radical (unpaired) electrons. The molecule has 8 heteroatoms. The summed E-state index contributed by atoms with van der Waals surface area (Å²) in [4.78, 5) is 12.3. The average Bonchev–Trinajstić information content (AvgIpc) is 2.36. The zero-order chi connectivity index (χ0) is 13.2. The van der Waals surface area contributed by atoms with Crippen molar-refractivity contribution in [1.82, 2.24) is 5.06 Å². The minimum absolute atomic E-state index is 0.428. The second-order valence-electron chi connectivity index (χ2n) is 4.69. The molecular formula is C9H10Br4N2O2. The van der Waals surface area contributed by atoms with Gasteiger partial charge in [0, 0.05) is 18.8 Å². The summed E-state index contributed by atoms with van der Waals surface area (Å²) in [6.07, 6.45) is 1.37. The van der Waals surface area contributed by atoms with E-state index < -0.39 is 12.1 Å². The highest BCUT2D eigenvalue weighted by atomic mass is 79.9. The lowest BCUT2D eigenvalue weighted by molar-refractivity contribution is -0.586. The van der Waals surface area contributed by atoms with Gasteiger partial charge in [-0.2, -0.15) is 0 Å². The Balaban J connectivity index is 2.67.